The number of ether oxygens (including phenoxy) is 1. The van der Waals surface area contributed by atoms with Gasteiger partial charge in [0, 0.05) is 34.8 Å². The van der Waals surface area contributed by atoms with Crippen LogP contribution in [0.1, 0.15) is 18.0 Å². The molecule has 0 bridgehead atoms. The zero-order valence-electron chi connectivity index (χ0n) is 17.4. The number of nitrogens with one attached hydrogen (secondary N) is 2. The third-order valence-corrected chi connectivity index (χ3v) is 5.31. The predicted octanol–water partition coefficient (Wildman–Crippen LogP) is 2.71. The zero-order chi connectivity index (χ0) is 22.1. The van der Waals surface area contributed by atoms with E-state index in [1.54, 1.807) is 16.8 Å². The Balaban J connectivity index is 1.43. The van der Waals surface area contributed by atoms with Crippen molar-refractivity contribution in [1.82, 2.24) is 20.1 Å². The van der Waals surface area contributed by atoms with Crippen molar-refractivity contribution in [3.05, 3.63) is 66.5 Å². The number of hydroxylamine groups is 2. The number of nitrogen functional groups attached to an aromatic ring is 1. The van der Waals surface area contributed by atoms with Crippen LogP contribution in [-0.2, 0) is 4.84 Å². The van der Waals surface area contributed by atoms with E-state index in [4.69, 9.17) is 15.3 Å². The summed E-state index contributed by atoms with van der Waals surface area (Å²) in [7, 11) is 1.51. The molecule has 3 aromatic heterocycles. The van der Waals surface area contributed by atoms with Crippen LogP contribution in [0, 0.1) is 0 Å². The molecule has 1 aliphatic heterocycles. The Hall–Kier alpha value is -4.18. The molecule has 1 fully saturated rings. The first kappa shape index (κ1) is 19.8. The number of methoxy groups -OCH3 is 1. The second-order valence-electron chi connectivity index (χ2n) is 7.34. The number of benzene rings is 1. The number of nitrogens with two attached hydrogens (primary N) is 1. The normalized spacial score (nSPS) is 15.8. The SMILES string of the molecule is COc1ncc(-c2ccc3nc(N)[nH][n+]3c2)cc1NC(=O)N1OCC[C@H]1c1ccccc1. The highest BCUT2D eigenvalue weighted by Gasteiger charge is 2.32. The molecule has 1 aromatic carbocycles. The van der Waals surface area contributed by atoms with Gasteiger partial charge in [-0.3, -0.25) is 4.84 Å². The van der Waals surface area contributed by atoms with E-state index < -0.39 is 0 Å². The Morgan fingerprint density at radius 3 is 2.94 bits per heavy atom. The van der Waals surface area contributed by atoms with Crippen molar-refractivity contribution in [2.75, 3.05) is 24.8 Å². The van der Waals surface area contributed by atoms with Crippen LogP contribution in [0.3, 0.4) is 0 Å². The molecule has 5 rings (SSSR count). The number of pyridine rings is 2. The molecule has 10 heteroatoms. The molecule has 0 radical (unpaired) electrons. The summed E-state index contributed by atoms with van der Waals surface area (Å²) in [6.07, 6.45) is 4.25. The average molecular weight is 432 g/mol. The first-order valence-corrected chi connectivity index (χ1v) is 10.1. The number of urea groups is 1. The summed E-state index contributed by atoms with van der Waals surface area (Å²) < 4.78 is 7.08. The number of fused-ring (bicyclic) bond motifs is 1. The number of rotatable bonds is 4. The van der Waals surface area contributed by atoms with Gasteiger partial charge in [-0.1, -0.05) is 30.3 Å². The number of hydrogen-bond donors (Lipinski definition) is 3. The van der Waals surface area contributed by atoms with Gasteiger partial charge in [0.25, 0.3) is 0 Å². The predicted molar refractivity (Wildman–Crippen MR) is 117 cm³/mol. The van der Waals surface area contributed by atoms with E-state index in [0.29, 0.717) is 29.8 Å². The van der Waals surface area contributed by atoms with E-state index >= 15 is 0 Å². The summed E-state index contributed by atoms with van der Waals surface area (Å²) in [6.45, 7) is 0.465. The topological polar surface area (TPSA) is 122 Å². The van der Waals surface area contributed by atoms with Crippen LogP contribution in [0.4, 0.5) is 16.4 Å². The van der Waals surface area contributed by atoms with Gasteiger partial charge in [-0.25, -0.2) is 9.78 Å². The van der Waals surface area contributed by atoms with E-state index in [9.17, 15) is 4.79 Å². The van der Waals surface area contributed by atoms with Gasteiger partial charge in [-0.2, -0.15) is 10.2 Å². The minimum absolute atomic E-state index is 0.164. The first-order valence-electron chi connectivity index (χ1n) is 10.1. The molecular formula is C22H22N7O3+. The van der Waals surface area contributed by atoms with Crippen molar-refractivity contribution in [1.29, 1.82) is 0 Å². The molecular weight excluding hydrogens is 410 g/mol. The van der Waals surface area contributed by atoms with Gasteiger partial charge in [0.15, 0.2) is 0 Å². The van der Waals surface area contributed by atoms with Crippen molar-refractivity contribution >= 4 is 23.3 Å². The smallest absolute Gasteiger partial charge is 0.350 e. The minimum Gasteiger partial charge on any atom is -0.480 e. The van der Waals surface area contributed by atoms with Gasteiger partial charge >= 0.3 is 17.6 Å². The highest BCUT2D eigenvalue weighted by Crippen LogP contribution is 2.32. The summed E-state index contributed by atoms with van der Waals surface area (Å²) in [6, 6.07) is 14.8. The molecule has 2 amide bonds. The van der Waals surface area contributed by atoms with Crippen LogP contribution in [0.15, 0.2) is 60.9 Å². The fourth-order valence-electron chi connectivity index (χ4n) is 3.80. The van der Waals surface area contributed by atoms with Crippen molar-refractivity contribution in [2.24, 2.45) is 0 Å². The minimum atomic E-state index is -0.389. The quantitative estimate of drug-likeness (QED) is 0.426. The van der Waals surface area contributed by atoms with Gasteiger partial charge in [0.05, 0.1) is 19.8 Å². The molecule has 1 saturated heterocycles. The molecule has 4 aromatic rings. The Morgan fingerprint density at radius 2 is 2.12 bits per heavy atom. The third kappa shape index (κ3) is 3.67. The first-order chi connectivity index (χ1) is 15.6. The largest absolute Gasteiger partial charge is 0.480 e. The zero-order valence-corrected chi connectivity index (χ0v) is 17.4. The van der Waals surface area contributed by atoms with Gasteiger partial charge in [-0.05, 0) is 17.7 Å². The van der Waals surface area contributed by atoms with Crippen LogP contribution >= 0.6 is 0 Å². The number of H-pyrrole nitrogens is 1. The number of nitrogens with zero attached hydrogens (tertiary/aromatic N) is 4. The third-order valence-electron chi connectivity index (χ3n) is 5.31. The standard InChI is InChI=1S/C22H21N7O3/c1-31-20-17(25-22(30)29-18(9-10-32-29)14-5-3-2-4-6-14)11-16(12-24-20)15-7-8-19-26-21(23)27-28(19)13-15/h2-8,11-13,18H,9-10H2,1H3,(H3,23,25,27,30)/p+1/t18-/m0/s1. The van der Waals surface area contributed by atoms with Gasteiger partial charge < -0.3 is 15.8 Å². The van der Waals surface area contributed by atoms with Gasteiger partial charge in [0.1, 0.15) is 11.9 Å². The Kier molecular flexibility index (Phi) is 5.04. The molecule has 0 saturated carbocycles. The maximum atomic E-state index is 13.1. The van der Waals surface area contributed by atoms with E-state index in [0.717, 1.165) is 23.1 Å². The summed E-state index contributed by atoms with van der Waals surface area (Å²) in [5.74, 6) is 0.624. The molecule has 32 heavy (non-hydrogen) atoms. The maximum absolute atomic E-state index is 13.1. The molecule has 10 nitrogen and oxygen atoms in total. The number of anilines is 2. The van der Waals surface area contributed by atoms with Crippen LogP contribution < -0.4 is 20.3 Å². The Morgan fingerprint density at radius 1 is 1.28 bits per heavy atom. The second-order valence-corrected chi connectivity index (χ2v) is 7.34. The van der Waals surface area contributed by atoms with Crippen LogP contribution in [0.5, 0.6) is 5.88 Å². The Labute approximate surface area is 183 Å². The van der Waals surface area contributed by atoms with E-state index in [1.807, 2.05) is 48.7 Å². The Bertz CT molecular complexity index is 1280. The lowest BCUT2D eigenvalue weighted by Gasteiger charge is -2.23. The summed E-state index contributed by atoms with van der Waals surface area (Å²) in [5.41, 5.74) is 9.52. The molecule has 4 heterocycles. The second kappa shape index (κ2) is 8.16. The number of aromatic amines is 1. The monoisotopic (exact) mass is 432 g/mol. The number of carbonyl (C=O) groups is 1. The molecule has 0 unspecified atom stereocenters. The van der Waals surface area contributed by atoms with Crippen LogP contribution in [0.2, 0.25) is 0 Å². The maximum Gasteiger partial charge on any atom is 0.350 e. The highest BCUT2D eigenvalue weighted by molar-refractivity contribution is 5.91. The lowest BCUT2D eigenvalue weighted by atomic mass is 10.1. The molecule has 0 aliphatic carbocycles. The van der Waals surface area contributed by atoms with Crippen molar-refractivity contribution in [2.45, 2.75) is 12.5 Å². The number of carbonyl (C=O) groups excluding carboxylic acids is 1. The lowest BCUT2D eigenvalue weighted by molar-refractivity contribution is -0.575. The highest BCUT2D eigenvalue weighted by atomic mass is 16.7. The van der Waals surface area contributed by atoms with Crippen molar-refractivity contribution < 1.29 is 18.9 Å². The van der Waals surface area contributed by atoms with Gasteiger partial charge in [0.2, 0.25) is 5.88 Å². The fourth-order valence-corrected chi connectivity index (χ4v) is 3.80. The lowest BCUT2D eigenvalue weighted by Crippen LogP contribution is -2.33. The molecule has 0 spiro atoms. The van der Waals surface area contributed by atoms with Crippen molar-refractivity contribution in [3.8, 4) is 17.0 Å². The van der Waals surface area contributed by atoms with Gasteiger partial charge in [-0.15, -0.1) is 4.52 Å². The average Bonchev–Trinajstić information content (AvgIpc) is 3.45. The molecule has 162 valence electrons. The van der Waals surface area contributed by atoms with E-state index in [-0.39, 0.29) is 12.1 Å². The number of amides is 2. The molecule has 4 N–H and O–H groups in total. The number of aromatic nitrogens is 4. The molecule has 1 aliphatic rings. The van der Waals surface area contributed by atoms with Crippen LogP contribution in [-0.4, -0.2) is 39.9 Å². The summed E-state index contributed by atoms with van der Waals surface area (Å²) in [5, 5.41) is 7.19. The number of hydrogen-bond acceptors (Lipinski definition) is 6. The van der Waals surface area contributed by atoms with Crippen molar-refractivity contribution in [3.63, 3.8) is 0 Å². The molecule has 1 atom stereocenters. The van der Waals surface area contributed by atoms with E-state index in [2.05, 4.69) is 20.4 Å². The summed E-state index contributed by atoms with van der Waals surface area (Å²) in [4.78, 5) is 27.2. The van der Waals surface area contributed by atoms with Crippen LogP contribution in [0.25, 0.3) is 16.8 Å². The van der Waals surface area contributed by atoms with E-state index in [1.165, 1.54) is 12.2 Å². The fraction of sp³-hybridized carbons (Fsp3) is 0.182. The summed E-state index contributed by atoms with van der Waals surface area (Å²) >= 11 is 0.